The van der Waals surface area contributed by atoms with E-state index < -0.39 is 0 Å². The van der Waals surface area contributed by atoms with Gasteiger partial charge in [0.1, 0.15) is 6.10 Å². The monoisotopic (exact) mass is 290 g/mol. The fourth-order valence-corrected chi connectivity index (χ4v) is 2.37. The van der Waals surface area contributed by atoms with Crippen molar-refractivity contribution in [2.45, 2.75) is 45.3 Å². The van der Waals surface area contributed by atoms with E-state index >= 15 is 0 Å². The number of nitro groups is 1. The fourth-order valence-electron chi connectivity index (χ4n) is 2.37. The zero-order chi connectivity index (χ0) is 15.1. The number of rotatable bonds is 7. The molecule has 1 N–H and O–H groups in total. The van der Waals surface area contributed by atoms with Crippen molar-refractivity contribution in [3.05, 3.63) is 46.0 Å². The van der Waals surface area contributed by atoms with Gasteiger partial charge in [-0.1, -0.05) is 19.1 Å². The number of nitro benzene ring substituents is 1. The molecule has 1 atom stereocenters. The van der Waals surface area contributed by atoms with Gasteiger partial charge < -0.3 is 10.1 Å². The van der Waals surface area contributed by atoms with E-state index in [2.05, 4.69) is 18.3 Å². The van der Waals surface area contributed by atoms with Crippen LogP contribution in [0.5, 0.6) is 5.75 Å². The third kappa shape index (κ3) is 4.56. The molecular formula is C16H22N2O3. The number of nitrogens with zero attached hydrogens (tertiary/aromatic N) is 1. The Morgan fingerprint density at radius 1 is 1.48 bits per heavy atom. The maximum absolute atomic E-state index is 11.2. The summed E-state index contributed by atoms with van der Waals surface area (Å²) >= 11 is 0. The highest BCUT2D eigenvalue weighted by atomic mass is 16.6. The van der Waals surface area contributed by atoms with Gasteiger partial charge in [-0.3, -0.25) is 10.1 Å². The summed E-state index contributed by atoms with van der Waals surface area (Å²) in [5.41, 5.74) is 0.950. The van der Waals surface area contributed by atoms with Crippen LogP contribution in [0.4, 0.5) is 5.69 Å². The summed E-state index contributed by atoms with van der Waals surface area (Å²) in [5, 5.41) is 14.5. The maximum atomic E-state index is 11.2. The average Bonchev–Trinajstić information content (AvgIpc) is 2.50. The molecule has 2 rings (SSSR count). The van der Waals surface area contributed by atoms with E-state index in [1.54, 1.807) is 12.1 Å². The SMILES string of the molecule is CCCNCc1ccc(OC2C=CCCC2)c([N+](=O)[O-])c1. The fraction of sp³-hybridized carbons (Fsp3) is 0.500. The molecule has 0 bridgehead atoms. The van der Waals surface area contributed by atoms with Gasteiger partial charge in [-0.25, -0.2) is 0 Å². The molecule has 0 amide bonds. The lowest BCUT2D eigenvalue weighted by molar-refractivity contribution is -0.386. The summed E-state index contributed by atoms with van der Waals surface area (Å²) in [6, 6.07) is 5.20. The van der Waals surface area contributed by atoms with Gasteiger partial charge in [0.15, 0.2) is 5.75 Å². The first-order valence-corrected chi connectivity index (χ1v) is 7.52. The quantitative estimate of drug-likeness (QED) is 0.361. The Morgan fingerprint density at radius 2 is 2.33 bits per heavy atom. The zero-order valence-corrected chi connectivity index (χ0v) is 12.4. The lowest BCUT2D eigenvalue weighted by atomic mass is 10.1. The summed E-state index contributed by atoms with van der Waals surface area (Å²) in [5.74, 6) is 0.357. The molecule has 0 aromatic heterocycles. The van der Waals surface area contributed by atoms with Crippen LogP contribution in [0.3, 0.4) is 0 Å². The summed E-state index contributed by atoms with van der Waals surface area (Å²) in [6.45, 7) is 3.63. The Morgan fingerprint density at radius 3 is 3.00 bits per heavy atom. The average molecular weight is 290 g/mol. The number of hydrogen-bond acceptors (Lipinski definition) is 4. The van der Waals surface area contributed by atoms with E-state index in [1.807, 2.05) is 12.1 Å². The lowest BCUT2D eigenvalue weighted by Gasteiger charge is -2.18. The first-order valence-electron chi connectivity index (χ1n) is 7.52. The van der Waals surface area contributed by atoms with Gasteiger partial charge in [0.25, 0.3) is 0 Å². The second-order valence-electron chi connectivity index (χ2n) is 5.25. The Hall–Kier alpha value is -1.88. The topological polar surface area (TPSA) is 64.4 Å². The molecule has 1 unspecified atom stereocenters. The van der Waals surface area contributed by atoms with Crippen LogP contribution < -0.4 is 10.1 Å². The summed E-state index contributed by atoms with van der Waals surface area (Å²) < 4.78 is 5.78. The number of hydrogen-bond donors (Lipinski definition) is 1. The van der Waals surface area contributed by atoms with Crippen molar-refractivity contribution < 1.29 is 9.66 Å². The van der Waals surface area contributed by atoms with Gasteiger partial charge in [0.05, 0.1) is 4.92 Å². The third-order valence-electron chi connectivity index (χ3n) is 3.46. The predicted octanol–water partition coefficient (Wildman–Crippen LogP) is 3.58. The van der Waals surface area contributed by atoms with Crippen LogP contribution >= 0.6 is 0 Å². The van der Waals surface area contributed by atoms with Crippen LogP contribution in [0.2, 0.25) is 0 Å². The first-order chi connectivity index (χ1) is 10.2. The van der Waals surface area contributed by atoms with Gasteiger partial charge in [-0.15, -0.1) is 0 Å². The van der Waals surface area contributed by atoms with Crippen molar-refractivity contribution in [3.63, 3.8) is 0 Å². The molecule has 5 nitrogen and oxygen atoms in total. The van der Waals surface area contributed by atoms with E-state index in [0.29, 0.717) is 12.3 Å². The van der Waals surface area contributed by atoms with Crippen LogP contribution in [0.15, 0.2) is 30.4 Å². The van der Waals surface area contributed by atoms with Crippen molar-refractivity contribution in [2.24, 2.45) is 0 Å². The van der Waals surface area contributed by atoms with Crippen molar-refractivity contribution in [1.29, 1.82) is 0 Å². The first kappa shape index (κ1) is 15.5. The molecular weight excluding hydrogens is 268 g/mol. The normalized spacial score (nSPS) is 17.7. The maximum Gasteiger partial charge on any atom is 0.311 e. The molecule has 5 heteroatoms. The van der Waals surface area contributed by atoms with Crippen molar-refractivity contribution in [3.8, 4) is 5.75 Å². The standard InChI is InChI=1S/C16H22N2O3/c1-2-10-17-12-13-8-9-16(15(11-13)18(19)20)21-14-6-4-3-5-7-14/h4,6,8-9,11,14,17H,2-3,5,7,10,12H2,1H3. The van der Waals surface area contributed by atoms with Crippen molar-refractivity contribution in [1.82, 2.24) is 5.32 Å². The molecule has 0 aliphatic heterocycles. The second-order valence-corrected chi connectivity index (χ2v) is 5.25. The van der Waals surface area contributed by atoms with Gasteiger partial charge >= 0.3 is 5.69 Å². The lowest BCUT2D eigenvalue weighted by Crippen LogP contribution is -2.17. The molecule has 114 valence electrons. The summed E-state index contributed by atoms with van der Waals surface area (Å²) in [4.78, 5) is 10.9. The zero-order valence-electron chi connectivity index (χ0n) is 12.4. The highest BCUT2D eigenvalue weighted by Crippen LogP contribution is 2.30. The van der Waals surface area contributed by atoms with Crippen LogP contribution in [0, 0.1) is 10.1 Å². The molecule has 1 aromatic carbocycles. The number of ether oxygens (including phenoxy) is 1. The third-order valence-corrected chi connectivity index (χ3v) is 3.46. The smallest absolute Gasteiger partial charge is 0.311 e. The Balaban J connectivity index is 2.10. The van der Waals surface area contributed by atoms with Gasteiger partial charge in [-0.05, 0) is 49.9 Å². The molecule has 1 aliphatic rings. The number of nitrogens with one attached hydrogen (secondary N) is 1. The molecule has 1 aromatic rings. The van der Waals surface area contributed by atoms with Crippen LogP contribution in [-0.2, 0) is 6.54 Å². The summed E-state index contributed by atoms with van der Waals surface area (Å²) in [7, 11) is 0. The van der Waals surface area contributed by atoms with E-state index in [-0.39, 0.29) is 16.7 Å². The molecule has 21 heavy (non-hydrogen) atoms. The minimum Gasteiger partial charge on any atom is -0.479 e. The van der Waals surface area contributed by atoms with E-state index in [9.17, 15) is 10.1 Å². The van der Waals surface area contributed by atoms with Crippen molar-refractivity contribution >= 4 is 5.69 Å². The van der Waals surface area contributed by atoms with E-state index in [1.165, 1.54) is 0 Å². The van der Waals surface area contributed by atoms with Gasteiger partial charge in [0.2, 0.25) is 0 Å². The molecule has 0 heterocycles. The molecule has 0 spiro atoms. The highest BCUT2D eigenvalue weighted by molar-refractivity contribution is 5.49. The molecule has 1 aliphatic carbocycles. The van der Waals surface area contributed by atoms with Gasteiger partial charge in [0, 0.05) is 12.6 Å². The summed E-state index contributed by atoms with van der Waals surface area (Å²) in [6.07, 6.45) is 8.08. The Labute approximate surface area is 125 Å². The minimum absolute atomic E-state index is 0.0461. The van der Waals surface area contributed by atoms with Crippen molar-refractivity contribution in [2.75, 3.05) is 6.54 Å². The van der Waals surface area contributed by atoms with E-state index in [4.69, 9.17) is 4.74 Å². The molecule has 0 fully saturated rings. The Kier molecular flexibility index (Phi) is 5.75. The largest absolute Gasteiger partial charge is 0.479 e. The number of benzene rings is 1. The molecule has 0 saturated carbocycles. The van der Waals surface area contributed by atoms with E-state index in [0.717, 1.165) is 37.8 Å². The van der Waals surface area contributed by atoms with Crippen LogP contribution in [0.1, 0.15) is 38.2 Å². The molecule has 0 radical (unpaired) electrons. The van der Waals surface area contributed by atoms with Gasteiger partial charge in [-0.2, -0.15) is 0 Å². The van der Waals surface area contributed by atoms with Crippen LogP contribution in [-0.4, -0.2) is 17.6 Å². The highest BCUT2D eigenvalue weighted by Gasteiger charge is 2.19. The molecule has 0 saturated heterocycles. The predicted molar refractivity (Wildman–Crippen MR) is 82.5 cm³/mol. The van der Waals surface area contributed by atoms with Crippen LogP contribution in [0.25, 0.3) is 0 Å². The Bertz CT molecular complexity index is 514. The number of allylic oxidation sites excluding steroid dienone is 1. The minimum atomic E-state index is -0.370. The second kappa shape index (κ2) is 7.78.